The molecule has 138 valence electrons. The van der Waals surface area contributed by atoms with E-state index in [4.69, 9.17) is 17.0 Å². The van der Waals surface area contributed by atoms with Gasteiger partial charge in [0, 0.05) is 18.5 Å². The van der Waals surface area contributed by atoms with Crippen LogP contribution in [-0.2, 0) is 4.74 Å². The Labute approximate surface area is 153 Å². The zero-order valence-electron chi connectivity index (χ0n) is 14.5. The molecule has 4 N–H and O–H groups in total. The molecule has 1 heterocycles. The largest absolute Gasteiger partial charge is 0.507 e. The summed E-state index contributed by atoms with van der Waals surface area (Å²) in [4.78, 5) is 1.56. The minimum absolute atomic E-state index is 0.00355. The van der Waals surface area contributed by atoms with Crippen LogP contribution in [0.5, 0.6) is 5.75 Å². The molecule has 1 aromatic rings. The van der Waals surface area contributed by atoms with Crippen LogP contribution in [0.15, 0.2) is 23.3 Å². The molecule has 0 atom stereocenters. The van der Waals surface area contributed by atoms with E-state index in [0.717, 1.165) is 45.8 Å². The van der Waals surface area contributed by atoms with Gasteiger partial charge in [-0.2, -0.15) is 5.10 Å². The second-order valence-electron chi connectivity index (χ2n) is 5.91. The van der Waals surface area contributed by atoms with Crippen LogP contribution in [0.2, 0.25) is 0 Å². The zero-order chi connectivity index (χ0) is 18.1. The van der Waals surface area contributed by atoms with Crippen LogP contribution in [0, 0.1) is 5.82 Å². The number of morpholine rings is 1. The molecule has 0 aromatic heterocycles. The van der Waals surface area contributed by atoms with Gasteiger partial charge in [0.1, 0.15) is 24.7 Å². The average molecular weight is 369 g/mol. The maximum absolute atomic E-state index is 13.4. The molecule has 8 heteroatoms. The van der Waals surface area contributed by atoms with Gasteiger partial charge in [-0.25, -0.2) is 4.39 Å². The number of quaternary nitrogens is 1. The summed E-state index contributed by atoms with van der Waals surface area (Å²) in [7, 11) is 0. The molecule has 1 saturated heterocycles. The molecule has 6 nitrogen and oxygen atoms in total. The number of nitrogens with zero attached hydrogens (tertiary/aromatic N) is 1. The van der Waals surface area contributed by atoms with E-state index in [2.05, 4.69) is 15.8 Å². The maximum Gasteiger partial charge on any atom is 0.186 e. The van der Waals surface area contributed by atoms with Crippen LogP contribution in [0.1, 0.15) is 25.3 Å². The Kier molecular flexibility index (Phi) is 8.03. The Morgan fingerprint density at radius 3 is 2.88 bits per heavy atom. The molecule has 0 unspecified atom stereocenters. The molecule has 0 spiro atoms. The summed E-state index contributed by atoms with van der Waals surface area (Å²) in [6, 6.07) is 3.80. The van der Waals surface area contributed by atoms with Gasteiger partial charge in [0.15, 0.2) is 5.11 Å². The first-order valence-corrected chi connectivity index (χ1v) is 9.01. The van der Waals surface area contributed by atoms with E-state index >= 15 is 0 Å². The standard InChI is InChI=1S/C17H25FN4O2S/c1-2-15(14-12-13(18)4-5-16(14)23)20-21-17(25)19-6-3-7-22-8-10-24-11-9-22/h4-5,12,23H,2-3,6-11H2,1H3,(H2,19,21,25)/p+1/b20-15+. The fourth-order valence-electron chi connectivity index (χ4n) is 2.68. The van der Waals surface area contributed by atoms with E-state index in [9.17, 15) is 9.50 Å². The molecule has 0 radical (unpaired) electrons. The minimum Gasteiger partial charge on any atom is -0.507 e. The molecule has 2 rings (SSSR count). The number of hydrogen-bond donors (Lipinski definition) is 4. The first kappa shape index (κ1) is 19.6. The van der Waals surface area contributed by atoms with Gasteiger partial charge in [0.2, 0.25) is 0 Å². The van der Waals surface area contributed by atoms with Crippen molar-refractivity contribution in [1.29, 1.82) is 0 Å². The number of phenols is 1. The summed E-state index contributed by atoms with van der Waals surface area (Å²) in [6.45, 7) is 7.52. The van der Waals surface area contributed by atoms with Crippen LogP contribution < -0.4 is 15.6 Å². The quantitative estimate of drug-likeness (QED) is 0.243. The van der Waals surface area contributed by atoms with Gasteiger partial charge in [-0.05, 0) is 36.8 Å². The van der Waals surface area contributed by atoms with Crippen LogP contribution >= 0.6 is 12.2 Å². The van der Waals surface area contributed by atoms with Crippen molar-refractivity contribution in [3.05, 3.63) is 29.6 Å². The number of phenolic OH excluding ortho intramolecular Hbond substituents is 1. The monoisotopic (exact) mass is 369 g/mol. The number of thiocarbonyl (C=S) groups is 1. The van der Waals surface area contributed by atoms with Crippen molar-refractivity contribution in [3.8, 4) is 5.75 Å². The van der Waals surface area contributed by atoms with Gasteiger partial charge >= 0.3 is 0 Å². The predicted octanol–water partition coefficient (Wildman–Crippen LogP) is 0.415. The number of halogens is 1. The number of ether oxygens (including phenoxy) is 1. The third-order valence-electron chi connectivity index (χ3n) is 4.09. The van der Waals surface area contributed by atoms with E-state index < -0.39 is 5.82 Å². The Morgan fingerprint density at radius 1 is 1.40 bits per heavy atom. The lowest BCUT2D eigenvalue weighted by molar-refractivity contribution is -0.908. The van der Waals surface area contributed by atoms with Crippen molar-refractivity contribution in [1.82, 2.24) is 10.7 Å². The van der Waals surface area contributed by atoms with Gasteiger partial charge in [-0.1, -0.05) is 6.92 Å². The Morgan fingerprint density at radius 2 is 2.16 bits per heavy atom. The van der Waals surface area contributed by atoms with Gasteiger partial charge in [-0.15, -0.1) is 0 Å². The van der Waals surface area contributed by atoms with Crippen LogP contribution in [0.25, 0.3) is 0 Å². The Hall–Kier alpha value is -1.77. The van der Waals surface area contributed by atoms with Crippen LogP contribution in [-0.4, -0.2) is 55.3 Å². The van der Waals surface area contributed by atoms with Gasteiger partial charge in [0.25, 0.3) is 0 Å². The molecule has 0 amide bonds. The lowest BCUT2D eigenvalue weighted by Gasteiger charge is -2.23. The normalized spacial score (nSPS) is 15.8. The van der Waals surface area contributed by atoms with E-state index in [-0.39, 0.29) is 5.75 Å². The fraction of sp³-hybridized carbons (Fsp3) is 0.529. The van der Waals surface area contributed by atoms with E-state index in [1.165, 1.54) is 18.2 Å². The highest BCUT2D eigenvalue weighted by Gasteiger charge is 2.13. The van der Waals surface area contributed by atoms with Gasteiger partial charge in [-0.3, -0.25) is 5.43 Å². The average Bonchev–Trinajstić information content (AvgIpc) is 2.63. The molecular formula is C17H26FN4O2S+. The highest BCUT2D eigenvalue weighted by molar-refractivity contribution is 7.80. The third-order valence-corrected chi connectivity index (χ3v) is 4.32. The first-order chi connectivity index (χ1) is 12.1. The number of rotatable bonds is 7. The lowest BCUT2D eigenvalue weighted by atomic mass is 10.1. The maximum atomic E-state index is 13.4. The smallest absolute Gasteiger partial charge is 0.186 e. The SMILES string of the molecule is CC/C(=N\NC(=S)NCCC[NH+]1CCOCC1)c1cc(F)ccc1O. The molecule has 25 heavy (non-hydrogen) atoms. The highest BCUT2D eigenvalue weighted by atomic mass is 32.1. The summed E-state index contributed by atoms with van der Waals surface area (Å²) < 4.78 is 18.7. The molecular weight excluding hydrogens is 343 g/mol. The molecule has 1 aromatic carbocycles. The minimum atomic E-state index is -0.416. The van der Waals surface area contributed by atoms with Crippen LogP contribution in [0.3, 0.4) is 0 Å². The van der Waals surface area contributed by atoms with Crippen molar-refractivity contribution in [2.45, 2.75) is 19.8 Å². The van der Waals surface area contributed by atoms with Crippen molar-refractivity contribution in [2.24, 2.45) is 5.10 Å². The van der Waals surface area contributed by atoms with Crippen LogP contribution in [0.4, 0.5) is 4.39 Å². The molecule has 0 aliphatic carbocycles. The first-order valence-electron chi connectivity index (χ1n) is 8.60. The van der Waals surface area contributed by atoms with E-state index in [1.54, 1.807) is 4.90 Å². The van der Waals surface area contributed by atoms with Gasteiger partial charge < -0.3 is 20.1 Å². The van der Waals surface area contributed by atoms with Crippen molar-refractivity contribution in [2.75, 3.05) is 39.4 Å². The summed E-state index contributed by atoms with van der Waals surface area (Å²) in [5.41, 5.74) is 3.68. The molecule has 1 aliphatic rings. The summed E-state index contributed by atoms with van der Waals surface area (Å²) in [5.74, 6) is -0.420. The Bertz CT molecular complexity index is 606. The predicted molar refractivity (Wildman–Crippen MR) is 99.6 cm³/mol. The number of nitrogens with one attached hydrogen (secondary N) is 3. The van der Waals surface area contributed by atoms with Gasteiger partial charge in [0.05, 0.1) is 25.5 Å². The Balaban J connectivity index is 1.76. The number of hydrazone groups is 1. The van der Waals surface area contributed by atoms with Crippen molar-refractivity contribution >= 4 is 23.0 Å². The fourth-order valence-corrected chi connectivity index (χ4v) is 2.83. The molecule has 0 saturated carbocycles. The number of aromatic hydroxyl groups is 1. The van der Waals surface area contributed by atoms with Crippen molar-refractivity contribution in [3.63, 3.8) is 0 Å². The highest BCUT2D eigenvalue weighted by Crippen LogP contribution is 2.19. The van der Waals surface area contributed by atoms with E-state index in [0.29, 0.717) is 22.8 Å². The summed E-state index contributed by atoms with van der Waals surface area (Å²) >= 11 is 5.21. The second kappa shape index (κ2) is 10.3. The zero-order valence-corrected chi connectivity index (χ0v) is 15.3. The second-order valence-corrected chi connectivity index (χ2v) is 6.32. The summed E-state index contributed by atoms with van der Waals surface area (Å²) in [6.07, 6.45) is 1.54. The molecule has 0 bridgehead atoms. The van der Waals surface area contributed by atoms with E-state index in [1.807, 2.05) is 6.92 Å². The number of hydrogen-bond acceptors (Lipinski definition) is 4. The van der Waals surface area contributed by atoms with Crippen molar-refractivity contribution < 1.29 is 19.1 Å². The lowest BCUT2D eigenvalue weighted by Crippen LogP contribution is -3.14. The third kappa shape index (κ3) is 6.56. The number of benzene rings is 1. The topological polar surface area (TPSA) is 70.3 Å². The summed E-state index contributed by atoms with van der Waals surface area (Å²) in [5, 5.41) is 17.6. The molecule has 1 fully saturated rings. The molecule has 1 aliphatic heterocycles.